The highest BCUT2D eigenvalue weighted by Gasteiger charge is 2.41. The van der Waals surface area contributed by atoms with Crippen molar-refractivity contribution >= 4 is 60.5 Å². The van der Waals surface area contributed by atoms with Gasteiger partial charge in [0, 0.05) is 44.5 Å². The van der Waals surface area contributed by atoms with Gasteiger partial charge in [0.05, 0.1) is 11.0 Å². The molecular formula is C49H33NO. The number of nitrogens with zero attached hydrogens (tertiary/aromatic N) is 1. The summed E-state index contributed by atoms with van der Waals surface area (Å²) < 4.78 is 8.86. The van der Waals surface area contributed by atoms with Crippen LogP contribution in [0.2, 0.25) is 0 Å². The van der Waals surface area contributed by atoms with Crippen molar-refractivity contribution in [3.8, 4) is 16.8 Å². The molecular weight excluding hydrogens is 619 g/mol. The summed E-state index contributed by atoms with van der Waals surface area (Å²) >= 11 is 0. The Morgan fingerprint density at radius 3 is 2.14 bits per heavy atom. The second kappa shape index (κ2) is 9.56. The van der Waals surface area contributed by atoms with Gasteiger partial charge in [0.15, 0.2) is 0 Å². The second-order valence-electron chi connectivity index (χ2n) is 15.2. The molecule has 2 atom stereocenters. The minimum absolute atomic E-state index is 0.137. The van der Waals surface area contributed by atoms with Gasteiger partial charge >= 0.3 is 0 Å². The number of allylic oxidation sites excluding steroid dienone is 8. The Labute approximate surface area is 296 Å². The van der Waals surface area contributed by atoms with Crippen molar-refractivity contribution in [2.45, 2.75) is 19.3 Å². The van der Waals surface area contributed by atoms with Gasteiger partial charge in [-0.2, -0.15) is 0 Å². The Morgan fingerprint density at radius 2 is 1.29 bits per heavy atom. The molecule has 6 aromatic carbocycles. The van der Waals surface area contributed by atoms with E-state index in [1.54, 1.807) is 0 Å². The molecule has 0 saturated heterocycles. The summed E-state index contributed by atoms with van der Waals surface area (Å²) in [6.45, 7) is 4.75. The lowest BCUT2D eigenvalue weighted by Crippen LogP contribution is -2.18. The van der Waals surface area contributed by atoms with Crippen LogP contribution in [0.4, 0.5) is 0 Å². The largest absolute Gasteiger partial charge is 0.456 e. The predicted octanol–water partition coefficient (Wildman–Crippen LogP) is 12.7. The van der Waals surface area contributed by atoms with Gasteiger partial charge in [0.2, 0.25) is 0 Å². The van der Waals surface area contributed by atoms with E-state index in [0.29, 0.717) is 11.8 Å². The molecule has 8 aromatic rings. The van der Waals surface area contributed by atoms with E-state index < -0.39 is 0 Å². The Morgan fingerprint density at radius 1 is 0.569 bits per heavy atom. The van der Waals surface area contributed by atoms with Crippen LogP contribution in [0.25, 0.3) is 77.3 Å². The lowest BCUT2D eigenvalue weighted by atomic mass is 9.72. The van der Waals surface area contributed by atoms with Crippen molar-refractivity contribution < 1.29 is 4.42 Å². The predicted molar refractivity (Wildman–Crippen MR) is 212 cm³/mol. The van der Waals surface area contributed by atoms with Crippen molar-refractivity contribution in [2.24, 2.45) is 11.8 Å². The summed E-state index contributed by atoms with van der Waals surface area (Å²) in [5, 5.41) is 4.98. The van der Waals surface area contributed by atoms with Gasteiger partial charge in [0.25, 0.3) is 0 Å². The molecule has 51 heavy (non-hydrogen) atoms. The minimum atomic E-state index is -0.137. The quantitative estimate of drug-likeness (QED) is 0.182. The van der Waals surface area contributed by atoms with E-state index in [1.807, 2.05) is 0 Å². The monoisotopic (exact) mass is 651 g/mol. The summed E-state index contributed by atoms with van der Waals surface area (Å²) in [5.41, 5.74) is 19.1. The smallest absolute Gasteiger partial charge is 0.136 e. The van der Waals surface area contributed by atoms with Crippen LogP contribution in [0.5, 0.6) is 0 Å². The van der Waals surface area contributed by atoms with Crippen LogP contribution in [-0.2, 0) is 5.41 Å². The van der Waals surface area contributed by atoms with Gasteiger partial charge in [-0.1, -0.05) is 123 Å². The van der Waals surface area contributed by atoms with Gasteiger partial charge < -0.3 is 8.98 Å². The Hall–Kier alpha value is -6.12. The summed E-state index contributed by atoms with van der Waals surface area (Å²) in [4.78, 5) is 0. The lowest BCUT2D eigenvalue weighted by molar-refractivity contribution is 0.657. The SMILES string of the molecule is CC1(C)c2cc3c4ccccc4n(-c4ccc(C5=CC=C6c7ccccc7C7=CC=CC5C76)cc4)c3cc2-c2c1ccc1oc3ccccc3c21. The molecule has 12 rings (SSSR count). The van der Waals surface area contributed by atoms with Crippen molar-refractivity contribution in [1.29, 1.82) is 0 Å². The summed E-state index contributed by atoms with van der Waals surface area (Å²) in [6.07, 6.45) is 11.7. The van der Waals surface area contributed by atoms with Crippen LogP contribution in [0, 0.1) is 11.8 Å². The summed E-state index contributed by atoms with van der Waals surface area (Å²) in [5.74, 6) is 0.718. The molecule has 0 radical (unpaired) electrons. The first-order chi connectivity index (χ1) is 25.1. The highest BCUT2D eigenvalue weighted by atomic mass is 16.3. The number of rotatable bonds is 2. The molecule has 4 aliphatic rings. The number of fused-ring (bicyclic) bond motifs is 13. The van der Waals surface area contributed by atoms with Crippen molar-refractivity contribution in [1.82, 2.24) is 4.57 Å². The number of benzene rings is 6. The highest BCUT2D eigenvalue weighted by Crippen LogP contribution is 2.57. The zero-order chi connectivity index (χ0) is 33.6. The molecule has 2 unspecified atom stereocenters. The average Bonchev–Trinajstić information content (AvgIpc) is 3.88. The standard InChI is InChI=1S/C49H33NO/c1-49(2)40-24-25-45-48(37-13-6-8-17-44(37)51-45)47(40)39-27-43-38(26-41(39)49)33-12-5-7-16-42(33)50(43)29-20-18-28(19-21-29)30-22-23-36-32-11-4-3-10-31(32)35-15-9-14-34(30)46(35)36/h3-27,34,46H,1-2H3. The molecule has 0 saturated carbocycles. The fourth-order valence-corrected chi connectivity index (χ4v) is 10.1. The van der Waals surface area contributed by atoms with Crippen molar-refractivity contribution in [2.75, 3.05) is 0 Å². The van der Waals surface area contributed by atoms with Gasteiger partial charge in [-0.15, -0.1) is 0 Å². The van der Waals surface area contributed by atoms with E-state index in [2.05, 4.69) is 170 Å². The van der Waals surface area contributed by atoms with Gasteiger partial charge in [0.1, 0.15) is 11.2 Å². The summed E-state index contributed by atoms with van der Waals surface area (Å²) in [7, 11) is 0. The van der Waals surface area contributed by atoms with Crippen LogP contribution in [0.3, 0.4) is 0 Å². The topological polar surface area (TPSA) is 18.1 Å². The Balaban J connectivity index is 1.04. The van der Waals surface area contributed by atoms with Gasteiger partial charge in [-0.25, -0.2) is 0 Å². The van der Waals surface area contributed by atoms with E-state index in [0.717, 1.165) is 11.2 Å². The first-order valence-corrected chi connectivity index (χ1v) is 18.1. The Bertz CT molecular complexity index is 2990. The number of furan rings is 1. The van der Waals surface area contributed by atoms with E-state index in [-0.39, 0.29) is 5.41 Å². The number of para-hydroxylation sites is 2. The van der Waals surface area contributed by atoms with Crippen LogP contribution < -0.4 is 0 Å². The van der Waals surface area contributed by atoms with E-state index >= 15 is 0 Å². The van der Waals surface area contributed by atoms with Gasteiger partial charge in [-0.3, -0.25) is 0 Å². The van der Waals surface area contributed by atoms with Crippen LogP contribution in [-0.4, -0.2) is 4.57 Å². The van der Waals surface area contributed by atoms with Crippen molar-refractivity contribution in [3.63, 3.8) is 0 Å². The number of hydrogen-bond acceptors (Lipinski definition) is 1. The van der Waals surface area contributed by atoms with Gasteiger partial charge in [-0.05, 0) is 98.1 Å². The maximum Gasteiger partial charge on any atom is 0.136 e. The number of aromatic nitrogens is 1. The molecule has 2 nitrogen and oxygen atoms in total. The van der Waals surface area contributed by atoms with E-state index in [4.69, 9.17) is 4.42 Å². The third-order valence-corrected chi connectivity index (χ3v) is 12.4. The minimum Gasteiger partial charge on any atom is -0.456 e. The lowest BCUT2D eigenvalue weighted by Gasteiger charge is -2.31. The maximum absolute atomic E-state index is 6.39. The van der Waals surface area contributed by atoms with Crippen LogP contribution in [0.15, 0.2) is 156 Å². The molecule has 2 heteroatoms. The summed E-state index contributed by atoms with van der Waals surface area (Å²) in [6, 6.07) is 44.9. The maximum atomic E-state index is 6.39. The number of hydrogen-bond donors (Lipinski definition) is 0. The molecule has 2 aromatic heterocycles. The molecule has 0 fully saturated rings. The average molecular weight is 652 g/mol. The molecule has 240 valence electrons. The molecule has 0 N–H and O–H groups in total. The molecule has 4 aliphatic carbocycles. The fraction of sp³-hybridized carbons (Fsp3) is 0.102. The zero-order valence-corrected chi connectivity index (χ0v) is 28.4. The zero-order valence-electron chi connectivity index (χ0n) is 28.4. The Kier molecular flexibility index (Phi) is 5.19. The molecule has 0 bridgehead atoms. The molecule has 0 spiro atoms. The van der Waals surface area contributed by atoms with Crippen LogP contribution >= 0.6 is 0 Å². The third-order valence-electron chi connectivity index (χ3n) is 12.4. The molecule has 0 amide bonds. The third kappa shape index (κ3) is 3.47. The van der Waals surface area contributed by atoms with Crippen molar-refractivity contribution in [3.05, 3.63) is 180 Å². The van der Waals surface area contributed by atoms with Crippen LogP contribution in [0.1, 0.15) is 41.7 Å². The fourth-order valence-electron chi connectivity index (χ4n) is 10.1. The molecule has 0 aliphatic heterocycles. The highest BCUT2D eigenvalue weighted by molar-refractivity contribution is 6.17. The first-order valence-electron chi connectivity index (χ1n) is 18.1. The van der Waals surface area contributed by atoms with E-state index in [9.17, 15) is 0 Å². The second-order valence-corrected chi connectivity index (χ2v) is 15.2. The normalized spacial score (nSPS) is 19.2. The first kappa shape index (κ1) is 27.7. The van der Waals surface area contributed by atoms with E-state index in [1.165, 1.54) is 93.9 Å². The molecule has 2 heterocycles.